The van der Waals surface area contributed by atoms with E-state index in [0.29, 0.717) is 6.54 Å². The van der Waals surface area contributed by atoms with Crippen molar-refractivity contribution in [3.8, 4) is 11.5 Å². The van der Waals surface area contributed by atoms with Gasteiger partial charge in [0.2, 0.25) is 0 Å². The van der Waals surface area contributed by atoms with E-state index in [2.05, 4.69) is 41.8 Å². The second kappa shape index (κ2) is 7.68. The molecule has 1 saturated heterocycles. The molecule has 1 aliphatic carbocycles. The van der Waals surface area contributed by atoms with Crippen LogP contribution in [0.15, 0.2) is 35.3 Å². The first-order valence-corrected chi connectivity index (χ1v) is 11.2. The maximum Gasteiger partial charge on any atom is 0.310 e. The highest BCUT2D eigenvalue weighted by Crippen LogP contribution is 2.47. The molecule has 2 heterocycles. The Labute approximate surface area is 183 Å². The molecule has 2 aromatic carbocycles. The largest absolute Gasteiger partial charge is 0.481 e. The van der Waals surface area contributed by atoms with Crippen LogP contribution in [0, 0.1) is 12.3 Å². The van der Waals surface area contributed by atoms with Gasteiger partial charge in [-0.25, -0.2) is 0 Å². The van der Waals surface area contributed by atoms with E-state index in [1.165, 1.54) is 5.56 Å². The summed E-state index contributed by atoms with van der Waals surface area (Å²) in [5.41, 5.74) is 4.91. The van der Waals surface area contributed by atoms with Crippen molar-refractivity contribution < 1.29 is 14.6 Å². The molecule has 2 aromatic rings. The number of carbonyl (C=O) groups is 1. The molecule has 1 saturated carbocycles. The molecule has 1 N–H and O–H groups in total. The Morgan fingerprint density at radius 2 is 1.90 bits per heavy atom. The van der Waals surface area contributed by atoms with Gasteiger partial charge in [0.05, 0.1) is 11.0 Å². The monoisotopic (exact) mass is 419 g/mol. The number of aryl methyl sites for hydroxylation is 2. The number of fused-ring (bicyclic) bond motifs is 2. The standard InChI is InChI=1S/C25H29N3O3/c1-3-18-13-21(28-10-8-27(9-11-28)16-25(6-7-25)24(29)30)19-15-26-20-5-4-17(2)12-23(20)31-22(19)14-18/h4-5,12-15H,3,6-11,16H2,1-2H3,(H,29,30). The number of piperazine rings is 1. The van der Waals surface area contributed by atoms with Crippen LogP contribution in [0.4, 0.5) is 11.4 Å². The van der Waals surface area contributed by atoms with Gasteiger partial charge in [0.15, 0.2) is 5.75 Å². The van der Waals surface area contributed by atoms with Crippen LogP contribution in [0.3, 0.4) is 0 Å². The average Bonchev–Trinajstić information content (AvgIpc) is 3.56. The zero-order valence-corrected chi connectivity index (χ0v) is 18.2. The fourth-order valence-corrected chi connectivity index (χ4v) is 4.58. The predicted octanol–water partition coefficient (Wildman–Crippen LogP) is 4.40. The molecule has 162 valence electrons. The van der Waals surface area contributed by atoms with Crippen molar-refractivity contribution >= 4 is 23.6 Å². The Morgan fingerprint density at radius 1 is 1.13 bits per heavy atom. The molecule has 3 aliphatic rings. The average molecular weight is 420 g/mol. The number of nitrogens with zero attached hydrogens (tertiary/aromatic N) is 3. The summed E-state index contributed by atoms with van der Waals surface area (Å²) in [7, 11) is 0. The van der Waals surface area contributed by atoms with Crippen LogP contribution >= 0.6 is 0 Å². The van der Waals surface area contributed by atoms with Crippen molar-refractivity contribution in [1.29, 1.82) is 0 Å². The lowest BCUT2D eigenvalue weighted by Gasteiger charge is -2.38. The summed E-state index contributed by atoms with van der Waals surface area (Å²) in [6.07, 6.45) is 4.48. The number of benzene rings is 2. The number of rotatable bonds is 5. The molecule has 0 aromatic heterocycles. The van der Waals surface area contributed by atoms with Crippen molar-refractivity contribution in [1.82, 2.24) is 4.90 Å². The van der Waals surface area contributed by atoms with E-state index in [1.54, 1.807) is 0 Å². The first kappa shape index (κ1) is 20.1. The number of carboxylic acid groups (broad SMARTS) is 1. The zero-order chi connectivity index (χ0) is 21.6. The highest BCUT2D eigenvalue weighted by molar-refractivity contribution is 5.95. The van der Waals surface area contributed by atoms with Crippen LogP contribution < -0.4 is 9.64 Å². The Morgan fingerprint density at radius 3 is 2.58 bits per heavy atom. The van der Waals surface area contributed by atoms with Crippen molar-refractivity contribution in [2.45, 2.75) is 33.1 Å². The minimum absolute atomic E-state index is 0.494. The van der Waals surface area contributed by atoms with Gasteiger partial charge in [-0.1, -0.05) is 13.0 Å². The third-order valence-electron chi connectivity index (χ3n) is 6.80. The molecule has 6 nitrogen and oxygen atoms in total. The van der Waals surface area contributed by atoms with Crippen molar-refractivity contribution in [2.75, 3.05) is 37.6 Å². The van der Waals surface area contributed by atoms with Gasteiger partial charge in [-0.2, -0.15) is 0 Å². The maximum atomic E-state index is 11.6. The number of hydrogen-bond donors (Lipinski definition) is 1. The third kappa shape index (κ3) is 3.81. The molecule has 0 bridgehead atoms. The van der Waals surface area contributed by atoms with E-state index < -0.39 is 11.4 Å². The third-order valence-corrected chi connectivity index (χ3v) is 6.80. The van der Waals surface area contributed by atoms with Gasteiger partial charge >= 0.3 is 5.97 Å². The summed E-state index contributed by atoms with van der Waals surface area (Å²) >= 11 is 0. The molecular weight excluding hydrogens is 390 g/mol. The van der Waals surface area contributed by atoms with Crippen LogP contribution in [-0.2, 0) is 11.2 Å². The van der Waals surface area contributed by atoms with Crippen molar-refractivity contribution in [3.63, 3.8) is 0 Å². The summed E-state index contributed by atoms with van der Waals surface area (Å²) in [6, 6.07) is 10.5. The molecule has 0 spiro atoms. The quantitative estimate of drug-likeness (QED) is 0.664. The van der Waals surface area contributed by atoms with E-state index >= 15 is 0 Å². The minimum atomic E-state index is -0.640. The van der Waals surface area contributed by atoms with E-state index in [-0.39, 0.29) is 0 Å². The normalized spacial score (nSPS) is 19.2. The van der Waals surface area contributed by atoms with E-state index in [1.807, 2.05) is 18.3 Å². The Bertz CT molecular complexity index is 1050. The molecule has 0 atom stereocenters. The smallest absolute Gasteiger partial charge is 0.310 e. The molecule has 2 fully saturated rings. The van der Waals surface area contributed by atoms with E-state index in [4.69, 9.17) is 9.73 Å². The van der Waals surface area contributed by atoms with E-state index in [9.17, 15) is 9.90 Å². The molecule has 6 heteroatoms. The molecular formula is C25H29N3O3. The van der Waals surface area contributed by atoms with Crippen LogP contribution in [0.1, 0.15) is 36.5 Å². The fraction of sp³-hybridized carbons (Fsp3) is 0.440. The number of carboxylic acids is 1. The van der Waals surface area contributed by atoms with Gasteiger partial charge in [-0.15, -0.1) is 0 Å². The minimum Gasteiger partial charge on any atom is -0.481 e. The second-order valence-corrected chi connectivity index (χ2v) is 9.06. The fourth-order valence-electron chi connectivity index (χ4n) is 4.58. The summed E-state index contributed by atoms with van der Waals surface area (Å²) in [6.45, 7) is 8.37. The zero-order valence-electron chi connectivity index (χ0n) is 18.2. The molecule has 5 rings (SSSR count). The molecule has 2 aliphatic heterocycles. The molecule has 0 amide bonds. The van der Waals surface area contributed by atoms with Gasteiger partial charge in [-0.05, 0) is 61.6 Å². The van der Waals surface area contributed by atoms with Crippen molar-refractivity contribution in [2.24, 2.45) is 10.4 Å². The molecule has 0 radical (unpaired) electrons. The van der Waals surface area contributed by atoms with Crippen LogP contribution in [0.5, 0.6) is 11.5 Å². The highest BCUT2D eigenvalue weighted by atomic mass is 16.5. The topological polar surface area (TPSA) is 65.4 Å². The van der Waals surface area contributed by atoms with Gasteiger partial charge in [-0.3, -0.25) is 14.7 Å². The lowest BCUT2D eigenvalue weighted by atomic mass is 10.0. The van der Waals surface area contributed by atoms with E-state index in [0.717, 1.165) is 79.4 Å². The second-order valence-electron chi connectivity index (χ2n) is 9.06. The molecule has 0 unspecified atom stereocenters. The summed E-state index contributed by atoms with van der Waals surface area (Å²) < 4.78 is 6.35. The Kier molecular flexibility index (Phi) is 4.97. The number of aliphatic imine (C=N–C) groups is 1. The van der Waals surface area contributed by atoms with Crippen LogP contribution in [-0.4, -0.2) is 54.9 Å². The SMILES string of the molecule is CCc1cc2c(c(N3CCN(CC4(C(=O)O)CC4)CC3)c1)C=Nc1ccc(C)cc1O2. The van der Waals surface area contributed by atoms with Crippen LogP contribution in [0.2, 0.25) is 0 Å². The first-order chi connectivity index (χ1) is 15.0. The lowest BCUT2D eigenvalue weighted by Crippen LogP contribution is -2.49. The van der Waals surface area contributed by atoms with Gasteiger partial charge in [0.25, 0.3) is 0 Å². The Hall–Kier alpha value is -2.86. The van der Waals surface area contributed by atoms with Gasteiger partial charge in [0, 0.05) is 44.6 Å². The van der Waals surface area contributed by atoms with Gasteiger partial charge in [0.1, 0.15) is 11.4 Å². The molecule has 31 heavy (non-hydrogen) atoms. The number of ether oxygens (including phenoxy) is 1. The summed E-state index contributed by atoms with van der Waals surface area (Å²) in [4.78, 5) is 21.0. The number of hydrogen-bond acceptors (Lipinski definition) is 5. The summed E-state index contributed by atoms with van der Waals surface area (Å²) in [5.74, 6) is 1.01. The lowest BCUT2D eigenvalue weighted by molar-refractivity contribution is -0.144. The van der Waals surface area contributed by atoms with Crippen molar-refractivity contribution in [3.05, 3.63) is 47.0 Å². The Balaban J connectivity index is 1.40. The van der Waals surface area contributed by atoms with Gasteiger partial charge < -0.3 is 14.7 Å². The summed E-state index contributed by atoms with van der Waals surface area (Å²) in [5, 5.41) is 9.51. The number of aliphatic carboxylic acids is 1. The first-order valence-electron chi connectivity index (χ1n) is 11.2. The maximum absolute atomic E-state index is 11.6. The highest BCUT2D eigenvalue weighted by Gasteiger charge is 2.51. The van der Waals surface area contributed by atoms with Crippen LogP contribution in [0.25, 0.3) is 0 Å². The number of anilines is 1. The predicted molar refractivity (Wildman–Crippen MR) is 122 cm³/mol.